The summed E-state index contributed by atoms with van der Waals surface area (Å²) in [6.07, 6.45) is 4.86. The van der Waals surface area contributed by atoms with Crippen molar-refractivity contribution in [3.8, 4) is 0 Å². The minimum atomic E-state index is -1.06. The van der Waals surface area contributed by atoms with E-state index in [4.69, 9.17) is 18.6 Å². The highest BCUT2D eigenvalue weighted by molar-refractivity contribution is 6.64. The standard InChI is InChI=1S/C52H71B2NO6/c1-17-19-35(18-2)55-45(56)41-30(20-22-47(3,4)5)26-36-38-28-33(53-58-49(9,10)50(11,12)59-53)24-32-25-34(54-60-51(13,14)52(15,16)61-54)29-39(40(32)38)37-27-31(21-23-48(6,7)8)42(46(55)57)44(41)43(36)37/h24-29,35,45,56H,17-23H2,1-16H3. The van der Waals surface area contributed by atoms with Gasteiger partial charge in [0.25, 0.3) is 5.91 Å². The average Bonchev–Trinajstić information content (AvgIpc) is 3.51. The minimum absolute atomic E-state index is 0.0486. The molecule has 326 valence electrons. The van der Waals surface area contributed by atoms with Gasteiger partial charge in [-0.15, -0.1) is 0 Å². The third kappa shape index (κ3) is 7.40. The van der Waals surface area contributed by atoms with Crippen molar-refractivity contribution in [1.29, 1.82) is 0 Å². The highest BCUT2D eigenvalue weighted by Crippen LogP contribution is 2.50. The number of aryl methyl sites for hydroxylation is 2. The van der Waals surface area contributed by atoms with E-state index in [1.165, 1.54) is 0 Å². The predicted molar refractivity (Wildman–Crippen MR) is 255 cm³/mol. The monoisotopic (exact) mass is 828 g/mol. The van der Waals surface area contributed by atoms with Crippen molar-refractivity contribution in [3.63, 3.8) is 0 Å². The summed E-state index contributed by atoms with van der Waals surface area (Å²) in [5, 5.41) is 21.3. The van der Waals surface area contributed by atoms with Crippen molar-refractivity contribution in [2.75, 3.05) is 0 Å². The zero-order chi connectivity index (χ0) is 44.6. The SMILES string of the molecule is CCCC(CC)N1C(=O)c2c(CCC(C)(C)C)cc3c4cc(B5OC(C)(C)C(C)(C)O5)cc5cc(B6OC(C)(C)C(C)(C)O6)cc(c6cc(CCC(C)(C)C)c(c2c36)C1O)c54. The maximum absolute atomic E-state index is 15.4. The van der Waals surface area contributed by atoms with E-state index in [0.29, 0.717) is 0 Å². The van der Waals surface area contributed by atoms with E-state index in [0.717, 1.165) is 121 Å². The van der Waals surface area contributed by atoms with Crippen LogP contribution in [0.3, 0.4) is 0 Å². The molecule has 0 radical (unpaired) electrons. The molecule has 0 saturated carbocycles. The molecule has 2 fully saturated rings. The van der Waals surface area contributed by atoms with E-state index < -0.39 is 42.9 Å². The Morgan fingerprint density at radius 2 is 1.07 bits per heavy atom. The smallest absolute Gasteiger partial charge is 0.399 e. The van der Waals surface area contributed by atoms with Gasteiger partial charge in [0.1, 0.15) is 0 Å². The number of aliphatic hydroxyl groups excluding tert-OH is 1. The molecular weight excluding hydrogens is 756 g/mol. The van der Waals surface area contributed by atoms with Crippen LogP contribution >= 0.6 is 0 Å². The summed E-state index contributed by atoms with van der Waals surface area (Å²) in [6, 6.07) is 13.6. The Bertz CT molecular complexity index is 2420. The fourth-order valence-electron chi connectivity index (χ4n) is 10.00. The van der Waals surface area contributed by atoms with Crippen LogP contribution < -0.4 is 10.9 Å². The second-order valence-electron chi connectivity index (χ2n) is 23.2. The largest absolute Gasteiger partial charge is 0.494 e. The molecule has 9 heteroatoms. The quantitative estimate of drug-likeness (QED) is 0.0858. The molecule has 0 aliphatic carbocycles. The molecule has 5 aromatic carbocycles. The first-order valence-corrected chi connectivity index (χ1v) is 23.2. The van der Waals surface area contributed by atoms with Gasteiger partial charge >= 0.3 is 14.2 Å². The van der Waals surface area contributed by atoms with E-state index in [2.05, 4.69) is 147 Å². The van der Waals surface area contributed by atoms with Gasteiger partial charge in [-0.1, -0.05) is 92.1 Å². The summed E-state index contributed by atoms with van der Waals surface area (Å²) in [6.45, 7) is 34.7. The van der Waals surface area contributed by atoms with Gasteiger partial charge in [0, 0.05) is 17.0 Å². The molecule has 2 unspecified atom stereocenters. The topological polar surface area (TPSA) is 77.5 Å². The van der Waals surface area contributed by atoms with Crippen molar-refractivity contribution in [2.45, 2.75) is 190 Å². The summed E-state index contributed by atoms with van der Waals surface area (Å²) < 4.78 is 27.0. The molecule has 7 nitrogen and oxygen atoms in total. The Morgan fingerprint density at radius 1 is 0.639 bits per heavy atom. The van der Waals surface area contributed by atoms with Crippen LogP contribution in [0.4, 0.5) is 0 Å². The van der Waals surface area contributed by atoms with Crippen molar-refractivity contribution < 1.29 is 28.5 Å². The number of hydrogen-bond acceptors (Lipinski definition) is 6. The van der Waals surface area contributed by atoms with E-state index in [1.807, 2.05) is 4.90 Å². The first kappa shape index (κ1) is 44.4. The Balaban J connectivity index is 1.53. The molecule has 8 rings (SSSR count). The van der Waals surface area contributed by atoms with Gasteiger partial charge in [0.15, 0.2) is 6.23 Å². The first-order valence-electron chi connectivity index (χ1n) is 23.2. The maximum atomic E-state index is 15.4. The molecule has 61 heavy (non-hydrogen) atoms. The molecule has 3 heterocycles. The average molecular weight is 828 g/mol. The molecule has 0 aromatic heterocycles. The lowest BCUT2D eigenvalue weighted by Crippen LogP contribution is -2.46. The molecule has 1 amide bonds. The van der Waals surface area contributed by atoms with Gasteiger partial charge in [0.05, 0.1) is 28.0 Å². The summed E-state index contributed by atoms with van der Waals surface area (Å²) in [7, 11) is -1.16. The fraction of sp³-hybridized carbons (Fsp3) is 0.596. The summed E-state index contributed by atoms with van der Waals surface area (Å²) in [5.41, 5.74) is 3.74. The zero-order valence-electron chi connectivity index (χ0n) is 40.2. The van der Waals surface area contributed by atoms with Gasteiger partial charge in [-0.3, -0.25) is 4.79 Å². The summed E-state index contributed by atoms with van der Waals surface area (Å²) >= 11 is 0. The van der Waals surface area contributed by atoms with Crippen LogP contribution in [0.25, 0.3) is 43.1 Å². The molecule has 3 aliphatic heterocycles. The normalized spacial score (nSPS) is 21.6. The number of nitrogens with zero attached hydrogens (tertiary/aromatic N) is 1. The number of rotatable bonds is 10. The van der Waals surface area contributed by atoms with Gasteiger partial charge in [0.2, 0.25) is 0 Å². The van der Waals surface area contributed by atoms with E-state index in [1.54, 1.807) is 0 Å². The van der Waals surface area contributed by atoms with Crippen LogP contribution in [0.15, 0.2) is 36.4 Å². The van der Waals surface area contributed by atoms with Crippen LogP contribution in [-0.2, 0) is 31.5 Å². The maximum Gasteiger partial charge on any atom is 0.494 e. The highest BCUT2D eigenvalue weighted by Gasteiger charge is 2.53. The first-order chi connectivity index (χ1) is 28.2. The number of hydrogen-bond donors (Lipinski definition) is 1. The van der Waals surface area contributed by atoms with Gasteiger partial charge < -0.3 is 28.6 Å². The summed E-state index contributed by atoms with van der Waals surface area (Å²) in [5.74, 6) is -0.0532. The molecule has 3 aliphatic rings. The second kappa shape index (κ2) is 14.7. The van der Waals surface area contributed by atoms with Crippen molar-refractivity contribution >= 4 is 74.2 Å². The fourth-order valence-corrected chi connectivity index (χ4v) is 10.00. The van der Waals surface area contributed by atoms with E-state index >= 15 is 4.79 Å². The number of amides is 1. The number of benzene rings is 5. The molecule has 0 spiro atoms. The van der Waals surface area contributed by atoms with E-state index in [-0.39, 0.29) is 22.8 Å². The Hall–Kier alpha value is -3.20. The zero-order valence-corrected chi connectivity index (χ0v) is 40.2. The predicted octanol–water partition coefficient (Wildman–Crippen LogP) is 11.3. The number of carbonyl (C=O) groups excluding carboxylic acids is 1. The van der Waals surface area contributed by atoms with Gasteiger partial charge in [-0.05, 0) is 171 Å². The van der Waals surface area contributed by atoms with Crippen LogP contribution in [-0.4, -0.2) is 58.6 Å². The molecule has 5 aromatic rings. The highest BCUT2D eigenvalue weighted by atomic mass is 16.7. The molecule has 2 saturated heterocycles. The van der Waals surface area contributed by atoms with Gasteiger partial charge in [-0.25, -0.2) is 0 Å². The van der Waals surface area contributed by atoms with E-state index in [9.17, 15) is 5.11 Å². The lowest BCUT2D eigenvalue weighted by atomic mass is 9.72. The molecule has 2 atom stereocenters. The third-order valence-corrected chi connectivity index (χ3v) is 15.1. The van der Waals surface area contributed by atoms with Crippen molar-refractivity contribution in [2.24, 2.45) is 10.8 Å². The van der Waals surface area contributed by atoms with Crippen LogP contribution in [0.5, 0.6) is 0 Å². The number of carbonyl (C=O) groups is 1. The van der Waals surface area contributed by atoms with Crippen LogP contribution in [0.2, 0.25) is 0 Å². The lowest BCUT2D eigenvalue weighted by molar-refractivity contribution is -0.0188. The Morgan fingerprint density at radius 3 is 1.49 bits per heavy atom. The number of fused-ring (bicyclic) bond motifs is 2. The number of aliphatic hydroxyl groups is 1. The molecule has 0 bridgehead atoms. The second-order valence-corrected chi connectivity index (χ2v) is 23.2. The Kier molecular flexibility index (Phi) is 10.7. The van der Waals surface area contributed by atoms with Crippen LogP contribution in [0.1, 0.15) is 176 Å². The summed E-state index contributed by atoms with van der Waals surface area (Å²) in [4.78, 5) is 17.3. The van der Waals surface area contributed by atoms with Crippen molar-refractivity contribution in [1.82, 2.24) is 4.90 Å². The molecule has 1 N–H and O–H groups in total. The van der Waals surface area contributed by atoms with Crippen molar-refractivity contribution in [3.05, 3.63) is 58.7 Å². The minimum Gasteiger partial charge on any atom is -0.399 e. The third-order valence-electron chi connectivity index (χ3n) is 15.1. The van der Waals surface area contributed by atoms with Crippen LogP contribution in [0, 0.1) is 10.8 Å². The Labute approximate surface area is 366 Å². The molecular formula is C52H71B2NO6. The van der Waals surface area contributed by atoms with Gasteiger partial charge in [-0.2, -0.15) is 0 Å². The lowest BCUT2D eigenvalue weighted by Gasteiger charge is -2.41.